The molecule has 0 spiro atoms. The third-order valence-electron chi connectivity index (χ3n) is 3.98. The molecule has 2 aliphatic heterocycles. The van der Waals surface area contributed by atoms with Gasteiger partial charge in [0.2, 0.25) is 0 Å². The van der Waals surface area contributed by atoms with Gasteiger partial charge in [0.15, 0.2) is 0 Å². The Bertz CT molecular complexity index is 497. The van der Waals surface area contributed by atoms with E-state index in [4.69, 9.17) is 0 Å². The predicted octanol–water partition coefficient (Wildman–Crippen LogP) is 2.80. The molecule has 1 aromatic rings. The molecule has 3 nitrogen and oxygen atoms in total. The molecule has 2 bridgehead atoms. The SMILES string of the molecule is CSC1CC2CCC(C1)N2S(=O)(=O)c1cccs1. The van der Waals surface area contributed by atoms with Crippen LogP contribution in [0.2, 0.25) is 0 Å². The Kier molecular flexibility index (Phi) is 3.47. The molecule has 18 heavy (non-hydrogen) atoms. The van der Waals surface area contributed by atoms with Crippen LogP contribution in [-0.4, -0.2) is 36.3 Å². The van der Waals surface area contributed by atoms with Gasteiger partial charge in [-0.05, 0) is 43.4 Å². The second-order valence-electron chi connectivity index (χ2n) is 4.98. The smallest absolute Gasteiger partial charge is 0.206 e. The standard InChI is InChI=1S/C12H17NO2S3/c1-16-11-7-9-4-5-10(8-11)13(9)18(14,15)12-3-2-6-17-12/h2-3,6,9-11H,4-5,7-8H2,1H3. The molecule has 1 aromatic heterocycles. The molecule has 2 unspecified atom stereocenters. The summed E-state index contributed by atoms with van der Waals surface area (Å²) in [7, 11) is -3.24. The molecule has 6 heteroatoms. The number of rotatable bonds is 3. The van der Waals surface area contributed by atoms with Crippen molar-refractivity contribution in [2.24, 2.45) is 0 Å². The molecule has 0 saturated carbocycles. The topological polar surface area (TPSA) is 37.4 Å². The van der Waals surface area contributed by atoms with Crippen molar-refractivity contribution < 1.29 is 8.42 Å². The van der Waals surface area contributed by atoms with E-state index >= 15 is 0 Å². The lowest BCUT2D eigenvalue weighted by Crippen LogP contribution is -2.46. The second-order valence-corrected chi connectivity index (χ2v) is 9.14. The number of thioether (sulfide) groups is 1. The van der Waals surface area contributed by atoms with E-state index in [1.807, 2.05) is 27.5 Å². The van der Waals surface area contributed by atoms with E-state index in [9.17, 15) is 8.42 Å². The number of nitrogens with zero attached hydrogens (tertiary/aromatic N) is 1. The van der Waals surface area contributed by atoms with Crippen molar-refractivity contribution in [1.82, 2.24) is 4.31 Å². The number of hydrogen-bond donors (Lipinski definition) is 0. The molecule has 0 aliphatic carbocycles. The van der Waals surface area contributed by atoms with Gasteiger partial charge in [-0.3, -0.25) is 0 Å². The van der Waals surface area contributed by atoms with E-state index in [-0.39, 0.29) is 12.1 Å². The fourth-order valence-electron chi connectivity index (χ4n) is 3.18. The first-order valence-electron chi connectivity index (χ1n) is 6.23. The average molecular weight is 303 g/mol. The Morgan fingerprint density at radius 2 is 2.00 bits per heavy atom. The predicted molar refractivity (Wildman–Crippen MR) is 76.7 cm³/mol. The molecule has 3 heterocycles. The molecule has 0 aromatic carbocycles. The van der Waals surface area contributed by atoms with Crippen molar-refractivity contribution in [2.45, 2.75) is 47.2 Å². The van der Waals surface area contributed by atoms with E-state index in [1.54, 1.807) is 6.07 Å². The van der Waals surface area contributed by atoms with Crippen molar-refractivity contribution in [3.63, 3.8) is 0 Å². The molecule has 100 valence electrons. The van der Waals surface area contributed by atoms with Crippen molar-refractivity contribution in [1.29, 1.82) is 0 Å². The summed E-state index contributed by atoms with van der Waals surface area (Å²) in [4.78, 5) is 0. The summed E-state index contributed by atoms with van der Waals surface area (Å²) in [6.07, 6.45) is 6.23. The summed E-state index contributed by atoms with van der Waals surface area (Å²) in [5.41, 5.74) is 0. The summed E-state index contributed by atoms with van der Waals surface area (Å²) >= 11 is 3.21. The van der Waals surface area contributed by atoms with E-state index < -0.39 is 10.0 Å². The molecule has 0 amide bonds. The van der Waals surface area contributed by atoms with Crippen LogP contribution in [0.15, 0.2) is 21.7 Å². The Morgan fingerprint density at radius 1 is 1.33 bits per heavy atom. The largest absolute Gasteiger partial charge is 0.253 e. The van der Waals surface area contributed by atoms with Crippen LogP contribution in [0.25, 0.3) is 0 Å². The van der Waals surface area contributed by atoms with Crippen LogP contribution in [0, 0.1) is 0 Å². The Hall–Kier alpha value is -0.0400. The van der Waals surface area contributed by atoms with Crippen LogP contribution in [0.1, 0.15) is 25.7 Å². The molecule has 2 atom stereocenters. The summed E-state index contributed by atoms with van der Waals surface area (Å²) < 4.78 is 27.6. The first-order valence-corrected chi connectivity index (χ1v) is 9.83. The van der Waals surface area contributed by atoms with Gasteiger partial charge in [-0.1, -0.05) is 6.07 Å². The lowest BCUT2D eigenvalue weighted by Gasteiger charge is -2.36. The molecule has 0 radical (unpaired) electrons. The zero-order valence-corrected chi connectivity index (χ0v) is 12.7. The minimum atomic E-state index is -3.24. The van der Waals surface area contributed by atoms with Gasteiger partial charge in [0, 0.05) is 17.3 Å². The Labute approximate surface area is 117 Å². The van der Waals surface area contributed by atoms with Crippen LogP contribution in [0.4, 0.5) is 0 Å². The van der Waals surface area contributed by atoms with Gasteiger partial charge in [0.05, 0.1) is 0 Å². The van der Waals surface area contributed by atoms with Gasteiger partial charge in [0.25, 0.3) is 10.0 Å². The minimum absolute atomic E-state index is 0.230. The van der Waals surface area contributed by atoms with Crippen LogP contribution in [0.3, 0.4) is 0 Å². The van der Waals surface area contributed by atoms with E-state index in [0.29, 0.717) is 9.46 Å². The minimum Gasteiger partial charge on any atom is -0.206 e. The maximum atomic E-state index is 12.6. The zero-order chi connectivity index (χ0) is 12.8. The van der Waals surface area contributed by atoms with Crippen molar-refractivity contribution in [3.8, 4) is 0 Å². The lowest BCUT2D eigenvalue weighted by molar-refractivity contribution is 0.254. The summed E-state index contributed by atoms with van der Waals surface area (Å²) in [5, 5.41) is 2.47. The van der Waals surface area contributed by atoms with Crippen molar-refractivity contribution >= 4 is 33.1 Å². The van der Waals surface area contributed by atoms with E-state index in [1.165, 1.54) is 11.3 Å². The van der Waals surface area contributed by atoms with E-state index in [2.05, 4.69) is 6.26 Å². The number of sulfonamides is 1. The van der Waals surface area contributed by atoms with Crippen molar-refractivity contribution in [3.05, 3.63) is 17.5 Å². The monoisotopic (exact) mass is 303 g/mol. The van der Waals surface area contributed by atoms with Gasteiger partial charge in [-0.25, -0.2) is 8.42 Å². The summed E-state index contributed by atoms with van der Waals surface area (Å²) in [6, 6.07) is 4.00. The van der Waals surface area contributed by atoms with Crippen LogP contribution in [-0.2, 0) is 10.0 Å². The highest BCUT2D eigenvalue weighted by molar-refractivity contribution is 7.99. The number of hydrogen-bond acceptors (Lipinski definition) is 4. The van der Waals surface area contributed by atoms with Crippen LogP contribution < -0.4 is 0 Å². The molecule has 2 saturated heterocycles. The van der Waals surface area contributed by atoms with Crippen LogP contribution >= 0.6 is 23.1 Å². The van der Waals surface area contributed by atoms with Crippen molar-refractivity contribution in [2.75, 3.05) is 6.26 Å². The molecule has 2 fully saturated rings. The summed E-state index contributed by atoms with van der Waals surface area (Å²) in [6.45, 7) is 0. The van der Waals surface area contributed by atoms with Gasteiger partial charge in [-0.2, -0.15) is 16.1 Å². The Morgan fingerprint density at radius 3 is 2.50 bits per heavy atom. The lowest BCUT2D eigenvalue weighted by atomic mass is 10.1. The van der Waals surface area contributed by atoms with Gasteiger partial charge >= 0.3 is 0 Å². The third-order valence-corrected chi connectivity index (χ3v) is 8.41. The number of piperidine rings is 1. The third kappa shape index (κ3) is 2.03. The number of fused-ring (bicyclic) bond motifs is 2. The number of thiophene rings is 1. The maximum Gasteiger partial charge on any atom is 0.253 e. The van der Waals surface area contributed by atoms with Gasteiger partial charge in [-0.15, -0.1) is 11.3 Å². The van der Waals surface area contributed by atoms with E-state index in [0.717, 1.165) is 25.7 Å². The quantitative estimate of drug-likeness (QED) is 0.861. The highest BCUT2D eigenvalue weighted by Crippen LogP contribution is 2.43. The molecule has 0 N–H and O–H groups in total. The fourth-order valence-corrected chi connectivity index (χ4v) is 7.00. The maximum absolute atomic E-state index is 12.6. The highest BCUT2D eigenvalue weighted by atomic mass is 32.2. The second kappa shape index (κ2) is 4.81. The van der Waals surface area contributed by atoms with Gasteiger partial charge in [0.1, 0.15) is 4.21 Å². The molecule has 3 rings (SSSR count). The molecular weight excluding hydrogens is 286 g/mol. The summed E-state index contributed by atoms with van der Waals surface area (Å²) in [5.74, 6) is 0. The first-order chi connectivity index (χ1) is 8.63. The van der Waals surface area contributed by atoms with Crippen LogP contribution in [0.5, 0.6) is 0 Å². The first kappa shape index (κ1) is 13.0. The fraction of sp³-hybridized carbons (Fsp3) is 0.667. The normalized spacial score (nSPS) is 32.8. The highest BCUT2D eigenvalue weighted by Gasteiger charge is 2.47. The average Bonchev–Trinajstić information content (AvgIpc) is 2.97. The Balaban J connectivity index is 1.91. The molecular formula is C12H17NO2S3. The molecule has 2 aliphatic rings. The van der Waals surface area contributed by atoms with Gasteiger partial charge < -0.3 is 0 Å². The zero-order valence-electron chi connectivity index (χ0n) is 10.3.